The minimum atomic E-state index is 0.259. The third-order valence-electron chi connectivity index (χ3n) is 3.19. The van der Waals surface area contributed by atoms with Gasteiger partial charge in [0.05, 0.1) is 11.4 Å². The van der Waals surface area contributed by atoms with Gasteiger partial charge in [0.25, 0.3) is 0 Å². The van der Waals surface area contributed by atoms with Crippen LogP contribution >= 0.6 is 0 Å². The number of azo groups is 1. The van der Waals surface area contributed by atoms with E-state index in [0.29, 0.717) is 0 Å². The van der Waals surface area contributed by atoms with Gasteiger partial charge in [0.15, 0.2) is 0 Å². The molecular formula is C17H14N2O. The van der Waals surface area contributed by atoms with Crippen LogP contribution in [0.25, 0.3) is 10.8 Å². The highest BCUT2D eigenvalue weighted by atomic mass is 16.3. The molecule has 0 aromatic heterocycles. The first-order valence-electron chi connectivity index (χ1n) is 6.43. The molecule has 0 spiro atoms. The van der Waals surface area contributed by atoms with Crippen LogP contribution in [0.15, 0.2) is 70.9 Å². The number of aromatic hydroxyl groups is 1. The van der Waals surface area contributed by atoms with E-state index >= 15 is 0 Å². The lowest BCUT2D eigenvalue weighted by Gasteiger charge is -2.03. The number of fused-ring (bicyclic) bond motifs is 1. The Morgan fingerprint density at radius 2 is 1.45 bits per heavy atom. The Balaban J connectivity index is 2.03. The lowest BCUT2D eigenvalue weighted by atomic mass is 10.1. The fraction of sp³-hybridized carbons (Fsp3) is 0.0588. The van der Waals surface area contributed by atoms with Crippen molar-refractivity contribution in [2.75, 3.05) is 0 Å². The summed E-state index contributed by atoms with van der Waals surface area (Å²) < 4.78 is 0. The van der Waals surface area contributed by atoms with Crippen LogP contribution in [0.2, 0.25) is 0 Å². The summed E-state index contributed by atoms with van der Waals surface area (Å²) in [6, 6.07) is 18.9. The Morgan fingerprint density at radius 3 is 2.20 bits per heavy atom. The van der Waals surface area contributed by atoms with Gasteiger partial charge in [-0.05, 0) is 31.2 Å². The number of hydrogen-bond donors (Lipinski definition) is 1. The van der Waals surface area contributed by atoms with Crippen molar-refractivity contribution in [3.05, 3.63) is 66.2 Å². The average molecular weight is 262 g/mol. The first kappa shape index (κ1) is 12.4. The third kappa shape index (κ3) is 2.38. The van der Waals surface area contributed by atoms with Crippen LogP contribution in [-0.4, -0.2) is 5.11 Å². The topological polar surface area (TPSA) is 45.0 Å². The summed E-state index contributed by atoms with van der Waals surface area (Å²) in [6.45, 7) is 2.04. The van der Waals surface area contributed by atoms with Crippen LogP contribution in [0.5, 0.6) is 5.75 Å². The molecule has 3 aromatic rings. The Labute approximate surface area is 117 Å². The van der Waals surface area contributed by atoms with Crippen molar-refractivity contribution in [1.29, 1.82) is 0 Å². The third-order valence-corrected chi connectivity index (χ3v) is 3.19. The van der Waals surface area contributed by atoms with Gasteiger partial charge in [-0.3, -0.25) is 0 Å². The molecule has 20 heavy (non-hydrogen) atoms. The predicted molar refractivity (Wildman–Crippen MR) is 81.0 cm³/mol. The number of aryl methyl sites for hydroxylation is 1. The lowest BCUT2D eigenvalue weighted by molar-refractivity contribution is 0.481. The van der Waals surface area contributed by atoms with E-state index in [-0.39, 0.29) is 5.75 Å². The Kier molecular flexibility index (Phi) is 3.17. The Hall–Kier alpha value is -2.68. The standard InChI is InChI=1S/C17H14N2O/c1-12-6-8-13(9-7-12)18-19-16-10-11-17(20)15-5-3-2-4-14(15)16/h2-11,20H,1H3. The molecule has 0 atom stereocenters. The molecule has 0 aliphatic carbocycles. The molecule has 3 heteroatoms. The van der Waals surface area contributed by atoms with Crippen LogP contribution in [0.4, 0.5) is 11.4 Å². The number of benzene rings is 3. The average Bonchev–Trinajstić information content (AvgIpc) is 2.49. The van der Waals surface area contributed by atoms with Gasteiger partial charge in [-0.2, -0.15) is 5.11 Å². The van der Waals surface area contributed by atoms with Crippen molar-refractivity contribution >= 4 is 22.1 Å². The fourth-order valence-electron chi connectivity index (χ4n) is 2.08. The Morgan fingerprint density at radius 1 is 0.750 bits per heavy atom. The van der Waals surface area contributed by atoms with E-state index in [4.69, 9.17) is 0 Å². The quantitative estimate of drug-likeness (QED) is 0.628. The highest BCUT2D eigenvalue weighted by molar-refractivity contribution is 5.96. The minimum absolute atomic E-state index is 0.259. The van der Waals surface area contributed by atoms with E-state index in [0.717, 1.165) is 22.1 Å². The largest absolute Gasteiger partial charge is 0.507 e. The van der Waals surface area contributed by atoms with Crippen LogP contribution < -0.4 is 0 Å². The normalized spacial score (nSPS) is 11.2. The zero-order chi connectivity index (χ0) is 13.9. The van der Waals surface area contributed by atoms with E-state index in [2.05, 4.69) is 10.2 Å². The van der Waals surface area contributed by atoms with Crippen molar-refractivity contribution in [2.45, 2.75) is 6.92 Å². The second-order valence-electron chi connectivity index (χ2n) is 4.68. The van der Waals surface area contributed by atoms with Gasteiger partial charge < -0.3 is 5.11 Å². The van der Waals surface area contributed by atoms with Gasteiger partial charge in [-0.15, -0.1) is 5.11 Å². The molecule has 0 saturated heterocycles. The summed E-state index contributed by atoms with van der Waals surface area (Å²) in [5, 5.41) is 20.0. The predicted octanol–water partition coefficient (Wildman–Crippen LogP) is 5.27. The van der Waals surface area contributed by atoms with E-state index in [1.165, 1.54) is 5.56 Å². The van der Waals surface area contributed by atoms with Gasteiger partial charge in [-0.1, -0.05) is 42.0 Å². The molecule has 0 heterocycles. The highest BCUT2D eigenvalue weighted by Crippen LogP contribution is 2.33. The van der Waals surface area contributed by atoms with Crippen molar-refractivity contribution < 1.29 is 5.11 Å². The first-order valence-corrected chi connectivity index (χ1v) is 6.43. The summed E-state index contributed by atoms with van der Waals surface area (Å²) >= 11 is 0. The van der Waals surface area contributed by atoms with Gasteiger partial charge in [-0.25, -0.2) is 0 Å². The molecule has 3 rings (SSSR count). The van der Waals surface area contributed by atoms with Gasteiger partial charge in [0.1, 0.15) is 5.75 Å². The monoisotopic (exact) mass is 262 g/mol. The number of rotatable bonds is 2. The van der Waals surface area contributed by atoms with Crippen molar-refractivity contribution in [3.63, 3.8) is 0 Å². The van der Waals surface area contributed by atoms with E-state index in [1.807, 2.05) is 55.5 Å². The number of phenols is 1. The summed E-state index contributed by atoms with van der Waals surface area (Å²) in [5.74, 6) is 0.259. The minimum Gasteiger partial charge on any atom is -0.507 e. The molecule has 0 aliphatic heterocycles. The summed E-state index contributed by atoms with van der Waals surface area (Å²) in [5.41, 5.74) is 2.76. The fourth-order valence-corrected chi connectivity index (χ4v) is 2.08. The number of hydrogen-bond acceptors (Lipinski definition) is 3. The molecule has 0 amide bonds. The molecule has 1 N–H and O–H groups in total. The lowest BCUT2D eigenvalue weighted by Crippen LogP contribution is -1.74. The second-order valence-corrected chi connectivity index (χ2v) is 4.68. The molecule has 0 radical (unpaired) electrons. The summed E-state index contributed by atoms with van der Waals surface area (Å²) in [6.07, 6.45) is 0. The van der Waals surface area contributed by atoms with Crippen molar-refractivity contribution in [1.82, 2.24) is 0 Å². The SMILES string of the molecule is Cc1ccc(N=Nc2ccc(O)c3ccccc23)cc1. The maximum Gasteiger partial charge on any atom is 0.123 e. The molecule has 0 bridgehead atoms. The van der Waals surface area contributed by atoms with Crippen LogP contribution in [0, 0.1) is 6.92 Å². The molecule has 0 aliphatic rings. The summed E-state index contributed by atoms with van der Waals surface area (Å²) in [7, 11) is 0. The second kappa shape index (κ2) is 5.13. The van der Waals surface area contributed by atoms with Gasteiger partial charge in [0, 0.05) is 10.8 Å². The zero-order valence-corrected chi connectivity index (χ0v) is 11.1. The highest BCUT2D eigenvalue weighted by Gasteiger charge is 2.03. The zero-order valence-electron chi connectivity index (χ0n) is 11.1. The van der Waals surface area contributed by atoms with Crippen LogP contribution in [0.1, 0.15) is 5.56 Å². The van der Waals surface area contributed by atoms with E-state index in [1.54, 1.807) is 12.1 Å². The summed E-state index contributed by atoms with van der Waals surface area (Å²) in [4.78, 5) is 0. The van der Waals surface area contributed by atoms with Crippen molar-refractivity contribution in [3.8, 4) is 5.75 Å². The molecular weight excluding hydrogens is 248 g/mol. The molecule has 0 fully saturated rings. The molecule has 0 unspecified atom stereocenters. The number of nitrogens with zero attached hydrogens (tertiary/aromatic N) is 2. The first-order chi connectivity index (χ1) is 9.74. The smallest absolute Gasteiger partial charge is 0.123 e. The molecule has 3 nitrogen and oxygen atoms in total. The van der Waals surface area contributed by atoms with Crippen LogP contribution in [-0.2, 0) is 0 Å². The van der Waals surface area contributed by atoms with Crippen molar-refractivity contribution in [2.24, 2.45) is 10.2 Å². The van der Waals surface area contributed by atoms with Gasteiger partial charge in [0.2, 0.25) is 0 Å². The van der Waals surface area contributed by atoms with E-state index < -0.39 is 0 Å². The molecule has 98 valence electrons. The molecule has 3 aromatic carbocycles. The maximum atomic E-state index is 9.84. The Bertz CT molecular complexity index is 777. The van der Waals surface area contributed by atoms with Gasteiger partial charge >= 0.3 is 0 Å². The number of phenolic OH excluding ortho intramolecular Hbond substituents is 1. The van der Waals surface area contributed by atoms with E-state index in [9.17, 15) is 5.11 Å². The van der Waals surface area contributed by atoms with Crippen LogP contribution in [0.3, 0.4) is 0 Å². The maximum absolute atomic E-state index is 9.84. The molecule has 0 saturated carbocycles.